The average molecular weight is 272 g/mol. The second-order valence-corrected chi connectivity index (χ2v) is 4.66. The second-order valence-electron chi connectivity index (χ2n) is 4.23. The summed E-state index contributed by atoms with van der Waals surface area (Å²) < 4.78 is 13.4. The lowest BCUT2D eigenvalue weighted by atomic mass is 10.1. The van der Waals surface area contributed by atoms with Crippen molar-refractivity contribution in [1.29, 1.82) is 0 Å². The molecule has 0 aliphatic heterocycles. The standard InChI is InChI=1S/C14H19ClFNO/c1-3-17(4-2)8-7-13(18)10-11-9-12(15)5-6-14(11)16/h5-6,9H,3-4,7-8,10H2,1-2H3. The highest BCUT2D eigenvalue weighted by molar-refractivity contribution is 6.30. The predicted octanol–water partition coefficient (Wildman–Crippen LogP) is 3.32. The summed E-state index contributed by atoms with van der Waals surface area (Å²) in [6, 6.07) is 4.31. The molecule has 1 aromatic carbocycles. The summed E-state index contributed by atoms with van der Waals surface area (Å²) in [5.74, 6) is -0.321. The third kappa shape index (κ3) is 4.75. The van der Waals surface area contributed by atoms with Crippen molar-refractivity contribution in [2.24, 2.45) is 0 Å². The minimum absolute atomic E-state index is 0.0445. The highest BCUT2D eigenvalue weighted by Crippen LogP contribution is 2.16. The highest BCUT2D eigenvalue weighted by Gasteiger charge is 2.10. The molecule has 2 nitrogen and oxygen atoms in total. The molecule has 0 unspecified atom stereocenters. The van der Waals surface area contributed by atoms with Crippen molar-refractivity contribution < 1.29 is 9.18 Å². The van der Waals surface area contributed by atoms with Crippen LogP contribution < -0.4 is 0 Å². The molecule has 0 fully saturated rings. The number of ketones is 1. The van der Waals surface area contributed by atoms with Gasteiger partial charge in [0.15, 0.2) is 0 Å². The molecule has 0 N–H and O–H groups in total. The molecule has 0 amide bonds. The summed E-state index contributed by atoms with van der Waals surface area (Å²) in [4.78, 5) is 13.9. The van der Waals surface area contributed by atoms with Gasteiger partial charge >= 0.3 is 0 Å². The fraction of sp³-hybridized carbons (Fsp3) is 0.500. The Kier molecular flexibility index (Phi) is 6.30. The van der Waals surface area contributed by atoms with E-state index < -0.39 is 0 Å². The normalized spacial score (nSPS) is 10.9. The van der Waals surface area contributed by atoms with Gasteiger partial charge in [0.2, 0.25) is 0 Å². The quantitative estimate of drug-likeness (QED) is 0.758. The number of Topliss-reactive ketones (excluding diaryl/α,β-unsaturated/α-hetero) is 1. The minimum Gasteiger partial charge on any atom is -0.303 e. The first-order chi connectivity index (χ1) is 8.56. The van der Waals surface area contributed by atoms with Gasteiger partial charge in [0.1, 0.15) is 11.6 Å². The molecule has 100 valence electrons. The number of halogens is 2. The molecule has 18 heavy (non-hydrogen) atoms. The minimum atomic E-state index is -0.365. The number of rotatable bonds is 7. The van der Waals surface area contributed by atoms with Gasteiger partial charge in [-0.25, -0.2) is 4.39 Å². The molecule has 0 saturated heterocycles. The number of carbonyl (C=O) groups is 1. The van der Waals surface area contributed by atoms with E-state index in [0.29, 0.717) is 17.0 Å². The summed E-state index contributed by atoms with van der Waals surface area (Å²) >= 11 is 5.79. The molecule has 1 rings (SSSR count). The van der Waals surface area contributed by atoms with E-state index in [1.54, 1.807) is 0 Å². The Bertz CT molecular complexity index is 405. The maximum Gasteiger partial charge on any atom is 0.138 e. The van der Waals surface area contributed by atoms with Crippen LogP contribution in [-0.4, -0.2) is 30.3 Å². The van der Waals surface area contributed by atoms with Crippen molar-refractivity contribution in [1.82, 2.24) is 4.90 Å². The number of hydrogen-bond acceptors (Lipinski definition) is 2. The number of carbonyl (C=O) groups excluding carboxylic acids is 1. The monoisotopic (exact) mass is 271 g/mol. The lowest BCUT2D eigenvalue weighted by Gasteiger charge is -2.17. The van der Waals surface area contributed by atoms with E-state index in [-0.39, 0.29) is 18.0 Å². The summed E-state index contributed by atoms with van der Waals surface area (Å²) in [6.45, 7) is 6.70. The third-order valence-corrected chi connectivity index (χ3v) is 3.23. The second kappa shape index (κ2) is 7.49. The molecule has 1 aromatic rings. The molecule has 4 heteroatoms. The molecule has 0 heterocycles. The highest BCUT2D eigenvalue weighted by atomic mass is 35.5. The van der Waals surface area contributed by atoms with Gasteiger partial charge in [-0.15, -0.1) is 0 Å². The summed E-state index contributed by atoms with van der Waals surface area (Å²) in [7, 11) is 0. The first-order valence-electron chi connectivity index (χ1n) is 6.24. The molecule has 0 spiro atoms. The SMILES string of the molecule is CCN(CC)CCC(=O)Cc1cc(Cl)ccc1F. The topological polar surface area (TPSA) is 20.3 Å². The molecule has 0 saturated carbocycles. The number of nitrogens with zero attached hydrogens (tertiary/aromatic N) is 1. The van der Waals surface area contributed by atoms with Gasteiger partial charge in [-0.05, 0) is 36.9 Å². The molecule has 0 aliphatic rings. The zero-order valence-corrected chi connectivity index (χ0v) is 11.6. The molecular weight excluding hydrogens is 253 g/mol. The van der Waals surface area contributed by atoms with Crippen LogP contribution in [0.5, 0.6) is 0 Å². The van der Waals surface area contributed by atoms with Crippen molar-refractivity contribution in [2.45, 2.75) is 26.7 Å². The van der Waals surface area contributed by atoms with E-state index >= 15 is 0 Å². The van der Waals surface area contributed by atoms with Crippen LogP contribution >= 0.6 is 11.6 Å². The Morgan fingerprint density at radius 1 is 1.33 bits per heavy atom. The van der Waals surface area contributed by atoms with Gasteiger partial charge in [-0.1, -0.05) is 25.4 Å². The smallest absolute Gasteiger partial charge is 0.138 e. The van der Waals surface area contributed by atoms with Gasteiger partial charge in [0, 0.05) is 24.4 Å². The zero-order chi connectivity index (χ0) is 13.5. The fourth-order valence-electron chi connectivity index (χ4n) is 1.80. The molecule has 0 radical (unpaired) electrons. The van der Waals surface area contributed by atoms with Gasteiger partial charge in [-0.2, -0.15) is 0 Å². The third-order valence-electron chi connectivity index (χ3n) is 3.00. The van der Waals surface area contributed by atoms with Gasteiger partial charge in [0.25, 0.3) is 0 Å². The lowest BCUT2D eigenvalue weighted by molar-refractivity contribution is -0.118. The van der Waals surface area contributed by atoms with Crippen LogP contribution in [-0.2, 0) is 11.2 Å². The molecular formula is C14H19ClFNO. The van der Waals surface area contributed by atoms with Crippen LogP contribution in [0.3, 0.4) is 0 Å². The van der Waals surface area contributed by atoms with Crippen LogP contribution in [0, 0.1) is 5.82 Å². The van der Waals surface area contributed by atoms with E-state index in [0.717, 1.165) is 19.6 Å². The van der Waals surface area contributed by atoms with Gasteiger partial charge in [-0.3, -0.25) is 4.79 Å². The van der Waals surface area contributed by atoms with Crippen molar-refractivity contribution in [2.75, 3.05) is 19.6 Å². The largest absolute Gasteiger partial charge is 0.303 e. The van der Waals surface area contributed by atoms with Crippen molar-refractivity contribution in [3.05, 3.63) is 34.6 Å². The Labute approximate surface area is 113 Å². The van der Waals surface area contributed by atoms with Crippen LogP contribution in [0.4, 0.5) is 4.39 Å². The van der Waals surface area contributed by atoms with Crippen LogP contribution in [0.15, 0.2) is 18.2 Å². The molecule has 0 atom stereocenters. The molecule has 0 aromatic heterocycles. The average Bonchev–Trinajstić information content (AvgIpc) is 2.35. The molecule has 0 aliphatic carbocycles. The van der Waals surface area contributed by atoms with Gasteiger partial charge in [0.05, 0.1) is 0 Å². The Hall–Kier alpha value is -0.930. The van der Waals surface area contributed by atoms with E-state index in [1.165, 1.54) is 18.2 Å². The Balaban J connectivity index is 2.51. The fourth-order valence-corrected chi connectivity index (χ4v) is 2.00. The predicted molar refractivity (Wildman–Crippen MR) is 72.5 cm³/mol. The van der Waals surface area contributed by atoms with Crippen LogP contribution in [0.25, 0.3) is 0 Å². The van der Waals surface area contributed by atoms with Crippen molar-refractivity contribution in [3.8, 4) is 0 Å². The Morgan fingerprint density at radius 3 is 2.61 bits per heavy atom. The first-order valence-corrected chi connectivity index (χ1v) is 6.62. The number of hydrogen-bond donors (Lipinski definition) is 0. The summed E-state index contributed by atoms with van der Waals surface area (Å²) in [5.41, 5.74) is 0.382. The zero-order valence-electron chi connectivity index (χ0n) is 10.9. The van der Waals surface area contributed by atoms with E-state index in [4.69, 9.17) is 11.6 Å². The van der Waals surface area contributed by atoms with Crippen molar-refractivity contribution in [3.63, 3.8) is 0 Å². The van der Waals surface area contributed by atoms with Crippen molar-refractivity contribution >= 4 is 17.4 Å². The first kappa shape index (κ1) is 15.1. The maximum absolute atomic E-state index is 13.4. The van der Waals surface area contributed by atoms with Crippen LogP contribution in [0.2, 0.25) is 5.02 Å². The lowest BCUT2D eigenvalue weighted by Crippen LogP contribution is -2.26. The summed E-state index contributed by atoms with van der Waals surface area (Å²) in [5, 5.41) is 0.461. The van der Waals surface area contributed by atoms with Crippen LogP contribution in [0.1, 0.15) is 25.8 Å². The van der Waals surface area contributed by atoms with E-state index in [2.05, 4.69) is 18.7 Å². The van der Waals surface area contributed by atoms with E-state index in [9.17, 15) is 9.18 Å². The van der Waals surface area contributed by atoms with Gasteiger partial charge < -0.3 is 4.90 Å². The maximum atomic E-state index is 13.4. The Morgan fingerprint density at radius 2 is 2.00 bits per heavy atom. The van der Waals surface area contributed by atoms with E-state index in [1.807, 2.05) is 0 Å². The number of benzene rings is 1. The molecule has 0 bridgehead atoms. The summed E-state index contributed by atoms with van der Waals surface area (Å²) in [6.07, 6.45) is 0.571.